The Labute approximate surface area is 136 Å². The largest absolute Gasteiger partial charge is 0.467 e. The predicted octanol–water partition coefficient (Wildman–Crippen LogP) is 1.11. The Morgan fingerprint density at radius 3 is 2.73 bits per heavy atom. The molecule has 8 heteroatoms. The molecule has 0 saturated carbocycles. The van der Waals surface area contributed by atoms with Crippen molar-refractivity contribution < 1.29 is 28.6 Å². The molecule has 122 valence electrons. The number of fused-ring (bicyclic) bond motifs is 1. The molecule has 2 aliphatic heterocycles. The normalized spacial score (nSPS) is 30.0. The van der Waals surface area contributed by atoms with Crippen molar-refractivity contribution in [3.63, 3.8) is 0 Å². The summed E-state index contributed by atoms with van der Waals surface area (Å²) >= 11 is 3.56. The number of halogens is 1. The van der Waals surface area contributed by atoms with Gasteiger partial charge < -0.3 is 14.2 Å². The van der Waals surface area contributed by atoms with E-state index in [1.165, 1.54) is 18.9 Å². The van der Waals surface area contributed by atoms with E-state index in [4.69, 9.17) is 14.2 Å². The fraction of sp³-hybridized carbons (Fsp3) is 0.643. The van der Waals surface area contributed by atoms with Crippen LogP contribution >= 0.6 is 15.9 Å². The van der Waals surface area contributed by atoms with Crippen molar-refractivity contribution in [1.29, 1.82) is 0 Å². The number of hydrogen-bond donors (Lipinski definition) is 0. The van der Waals surface area contributed by atoms with Gasteiger partial charge in [-0.25, -0.2) is 9.59 Å². The highest BCUT2D eigenvalue weighted by Crippen LogP contribution is 2.47. The summed E-state index contributed by atoms with van der Waals surface area (Å²) in [5.41, 5.74) is 0. The minimum absolute atomic E-state index is 0.0543. The van der Waals surface area contributed by atoms with Crippen LogP contribution in [0.15, 0.2) is 11.8 Å². The molecule has 1 saturated heterocycles. The number of nitrogens with zero attached hydrogens (tertiary/aromatic N) is 1. The molecule has 0 aromatic heterocycles. The highest BCUT2D eigenvalue weighted by atomic mass is 79.9. The van der Waals surface area contributed by atoms with Crippen LogP contribution in [0, 0.1) is 0 Å². The summed E-state index contributed by atoms with van der Waals surface area (Å²) < 4.78 is 14.7. The minimum atomic E-state index is -0.765. The average Bonchev–Trinajstić information content (AvgIpc) is 2.79. The summed E-state index contributed by atoms with van der Waals surface area (Å²) in [7, 11) is 1.27. The molecular weight excluding hydrogens is 358 g/mol. The van der Waals surface area contributed by atoms with E-state index in [0.717, 1.165) is 0 Å². The van der Waals surface area contributed by atoms with Crippen molar-refractivity contribution in [1.82, 2.24) is 4.90 Å². The maximum atomic E-state index is 12.0. The molecule has 0 aliphatic carbocycles. The van der Waals surface area contributed by atoms with Crippen molar-refractivity contribution in [2.45, 2.75) is 43.3 Å². The molecule has 22 heavy (non-hydrogen) atoms. The zero-order valence-electron chi connectivity index (χ0n) is 12.6. The number of allylic oxidation sites excluding steroid dienone is 1. The Morgan fingerprint density at radius 1 is 1.50 bits per heavy atom. The highest BCUT2D eigenvalue weighted by molar-refractivity contribution is 9.10. The highest BCUT2D eigenvalue weighted by Gasteiger charge is 2.58. The lowest BCUT2D eigenvalue weighted by atomic mass is 9.98. The molecule has 0 spiro atoms. The zero-order valence-corrected chi connectivity index (χ0v) is 14.2. The van der Waals surface area contributed by atoms with Crippen LogP contribution in [0.4, 0.5) is 0 Å². The van der Waals surface area contributed by atoms with E-state index in [9.17, 15) is 14.4 Å². The fourth-order valence-electron chi connectivity index (χ4n) is 2.76. The van der Waals surface area contributed by atoms with Gasteiger partial charge in [0.05, 0.1) is 18.0 Å². The van der Waals surface area contributed by atoms with Crippen molar-refractivity contribution in [2.75, 3.05) is 13.7 Å². The number of likely N-dealkylation sites (tertiary alicyclic amines) is 1. The molecule has 1 fully saturated rings. The van der Waals surface area contributed by atoms with Gasteiger partial charge in [0, 0.05) is 6.92 Å². The maximum Gasteiger partial charge on any atom is 0.373 e. The van der Waals surface area contributed by atoms with Gasteiger partial charge in [-0.15, -0.1) is 0 Å². The summed E-state index contributed by atoms with van der Waals surface area (Å²) in [6, 6.07) is -0.748. The van der Waals surface area contributed by atoms with Crippen molar-refractivity contribution in [2.24, 2.45) is 0 Å². The Bertz CT molecular complexity index is 533. The van der Waals surface area contributed by atoms with Crippen LogP contribution in [0.5, 0.6) is 0 Å². The van der Waals surface area contributed by atoms with Gasteiger partial charge in [-0.1, -0.05) is 15.9 Å². The summed E-state index contributed by atoms with van der Waals surface area (Å²) in [5, 5.41) is 0. The third kappa shape index (κ3) is 2.84. The number of carbonyl (C=O) groups is 3. The van der Waals surface area contributed by atoms with E-state index in [1.54, 1.807) is 13.0 Å². The quantitative estimate of drug-likeness (QED) is 0.542. The maximum absolute atomic E-state index is 12.0. The number of amides is 1. The Kier molecular flexibility index (Phi) is 4.79. The van der Waals surface area contributed by atoms with Gasteiger partial charge in [0.1, 0.15) is 6.04 Å². The summed E-state index contributed by atoms with van der Waals surface area (Å²) in [6.45, 7) is 3.27. The second-order valence-electron chi connectivity index (χ2n) is 5.17. The number of rotatable bonds is 3. The molecular formula is C14H18BrNO6. The zero-order chi connectivity index (χ0) is 16.5. The number of alkyl halides is 1. The SMILES string of the molecule is CCOC(=O)C1=CC[C@]2(Br)C[C@@H](C(=O)OC)N(C(C)=O)[C@@H]2O1. The molecule has 2 rings (SSSR count). The van der Waals surface area contributed by atoms with Crippen LogP contribution in [0.3, 0.4) is 0 Å². The first-order chi connectivity index (χ1) is 10.3. The lowest BCUT2D eigenvalue weighted by molar-refractivity contribution is -0.160. The second kappa shape index (κ2) is 6.28. The first-order valence-electron chi connectivity index (χ1n) is 6.93. The van der Waals surface area contributed by atoms with E-state index in [1.807, 2.05) is 0 Å². The van der Waals surface area contributed by atoms with E-state index < -0.39 is 28.5 Å². The molecule has 0 radical (unpaired) electrons. The number of carbonyl (C=O) groups excluding carboxylic acids is 3. The molecule has 0 N–H and O–H groups in total. The van der Waals surface area contributed by atoms with Crippen LogP contribution in [0.1, 0.15) is 26.7 Å². The van der Waals surface area contributed by atoms with Crippen molar-refractivity contribution >= 4 is 33.8 Å². The Morgan fingerprint density at radius 2 is 2.18 bits per heavy atom. The molecule has 0 bridgehead atoms. The fourth-order valence-corrected chi connectivity index (χ4v) is 3.54. The molecule has 7 nitrogen and oxygen atoms in total. The summed E-state index contributed by atoms with van der Waals surface area (Å²) in [4.78, 5) is 37.0. The average molecular weight is 376 g/mol. The van der Waals surface area contributed by atoms with Crippen LogP contribution in [0.2, 0.25) is 0 Å². The third-order valence-electron chi connectivity index (χ3n) is 3.74. The van der Waals surface area contributed by atoms with Gasteiger partial charge in [-0.2, -0.15) is 0 Å². The van der Waals surface area contributed by atoms with E-state index >= 15 is 0 Å². The lowest BCUT2D eigenvalue weighted by Gasteiger charge is -2.36. The Hall–Kier alpha value is -1.57. The van der Waals surface area contributed by atoms with Crippen LogP contribution in [-0.2, 0) is 28.6 Å². The smallest absolute Gasteiger partial charge is 0.373 e. The minimum Gasteiger partial charge on any atom is -0.467 e. The number of methoxy groups -OCH3 is 1. The van der Waals surface area contributed by atoms with E-state index in [0.29, 0.717) is 12.8 Å². The van der Waals surface area contributed by atoms with Crippen molar-refractivity contribution in [3.8, 4) is 0 Å². The molecule has 0 aromatic rings. The number of hydrogen-bond acceptors (Lipinski definition) is 6. The monoisotopic (exact) mass is 375 g/mol. The first-order valence-corrected chi connectivity index (χ1v) is 7.73. The number of esters is 2. The standard InChI is InChI=1S/C14H18BrNO6/c1-4-21-12(19)10-5-6-14(15)7-9(11(18)20-3)16(8(2)17)13(14)22-10/h5,9,13H,4,6-7H2,1-3H3/t9-,13+,14-/m0/s1. The lowest BCUT2D eigenvalue weighted by Crippen LogP contribution is -2.49. The van der Waals surface area contributed by atoms with Gasteiger partial charge >= 0.3 is 11.9 Å². The van der Waals surface area contributed by atoms with Gasteiger partial charge in [-0.05, 0) is 25.8 Å². The van der Waals surface area contributed by atoms with Gasteiger partial charge in [-0.3, -0.25) is 9.69 Å². The molecule has 2 aliphatic rings. The van der Waals surface area contributed by atoms with Crippen molar-refractivity contribution in [3.05, 3.63) is 11.8 Å². The topological polar surface area (TPSA) is 82.1 Å². The molecule has 0 aromatic carbocycles. The predicted molar refractivity (Wildman–Crippen MR) is 78.8 cm³/mol. The molecule has 0 unspecified atom stereocenters. The van der Waals surface area contributed by atoms with Gasteiger partial charge in [0.15, 0.2) is 6.23 Å². The van der Waals surface area contributed by atoms with Crippen LogP contribution in [-0.4, -0.2) is 53.1 Å². The molecule has 3 atom stereocenters. The summed E-state index contributed by atoms with van der Waals surface area (Å²) in [6.07, 6.45) is 1.62. The van der Waals surface area contributed by atoms with Gasteiger partial charge in [0.2, 0.25) is 11.7 Å². The Balaban J connectivity index is 2.29. The van der Waals surface area contributed by atoms with Crippen LogP contribution < -0.4 is 0 Å². The van der Waals surface area contributed by atoms with E-state index in [2.05, 4.69) is 15.9 Å². The first kappa shape index (κ1) is 16.8. The third-order valence-corrected chi connectivity index (χ3v) is 4.78. The second-order valence-corrected chi connectivity index (χ2v) is 6.75. The van der Waals surface area contributed by atoms with E-state index in [-0.39, 0.29) is 18.3 Å². The molecule has 2 heterocycles. The van der Waals surface area contributed by atoms with Crippen LogP contribution in [0.25, 0.3) is 0 Å². The number of ether oxygens (including phenoxy) is 3. The summed E-state index contributed by atoms with van der Waals surface area (Å²) in [5.74, 6) is -1.36. The van der Waals surface area contributed by atoms with Gasteiger partial charge in [0.25, 0.3) is 0 Å². The molecule has 1 amide bonds.